The van der Waals surface area contributed by atoms with Crippen LogP contribution in [0.5, 0.6) is 0 Å². The van der Waals surface area contributed by atoms with Gasteiger partial charge in [-0.2, -0.15) is 0 Å². The molecule has 3 rings (SSSR count). The first-order valence-corrected chi connectivity index (χ1v) is 8.81. The maximum Gasteiger partial charge on any atom is 0.176 e. The number of benzene rings is 1. The summed E-state index contributed by atoms with van der Waals surface area (Å²) >= 11 is 3.53. The van der Waals surface area contributed by atoms with E-state index in [-0.39, 0.29) is 5.78 Å². The van der Waals surface area contributed by atoms with Gasteiger partial charge in [0.25, 0.3) is 0 Å². The summed E-state index contributed by atoms with van der Waals surface area (Å²) in [7, 11) is 0. The Morgan fingerprint density at radius 3 is 2.85 bits per heavy atom. The summed E-state index contributed by atoms with van der Waals surface area (Å²) in [5, 5.41) is 2.15. The number of thioether (sulfide) groups is 1. The fourth-order valence-corrected chi connectivity index (χ4v) is 3.81. The van der Waals surface area contributed by atoms with Gasteiger partial charge in [-0.15, -0.1) is 23.1 Å². The Morgan fingerprint density at radius 2 is 2.10 bits per heavy atom. The van der Waals surface area contributed by atoms with Crippen LogP contribution in [0.15, 0.2) is 40.6 Å². The molecular weight excluding hydrogens is 286 g/mol. The molecule has 1 aliphatic heterocycles. The highest BCUT2D eigenvalue weighted by Crippen LogP contribution is 2.24. The molecule has 104 valence electrons. The Hall–Kier alpha value is -1.10. The average Bonchev–Trinajstić information content (AvgIpc) is 2.95. The lowest BCUT2D eigenvalue weighted by molar-refractivity contribution is 0.0922. The largest absolute Gasteiger partial charge is 0.293 e. The van der Waals surface area contributed by atoms with Gasteiger partial charge in [0.2, 0.25) is 0 Å². The van der Waals surface area contributed by atoms with E-state index >= 15 is 0 Å². The van der Waals surface area contributed by atoms with Crippen LogP contribution in [-0.2, 0) is 13.0 Å². The summed E-state index contributed by atoms with van der Waals surface area (Å²) in [5.41, 5.74) is 2.21. The summed E-state index contributed by atoms with van der Waals surface area (Å²) in [6.07, 6.45) is 3.12. The molecule has 0 spiro atoms. The van der Waals surface area contributed by atoms with Crippen molar-refractivity contribution in [3.05, 3.63) is 51.7 Å². The number of nitrogens with zero attached hydrogens (tertiary/aromatic N) is 1. The van der Waals surface area contributed by atoms with Crippen LogP contribution in [0.3, 0.4) is 0 Å². The summed E-state index contributed by atoms with van der Waals surface area (Å²) in [6.45, 7) is 2.42. The monoisotopic (exact) mass is 303 g/mol. The highest BCUT2D eigenvalue weighted by Gasteiger charge is 2.19. The van der Waals surface area contributed by atoms with E-state index in [1.165, 1.54) is 15.3 Å². The van der Waals surface area contributed by atoms with Gasteiger partial charge < -0.3 is 0 Å². The molecule has 4 heteroatoms. The number of hydrogen-bond donors (Lipinski definition) is 0. The van der Waals surface area contributed by atoms with E-state index in [0.717, 1.165) is 25.1 Å². The molecular formula is C16H17NOS2. The van der Waals surface area contributed by atoms with E-state index in [0.29, 0.717) is 6.54 Å². The summed E-state index contributed by atoms with van der Waals surface area (Å²) in [6, 6.07) is 10.1. The molecule has 2 aromatic rings. The number of Topliss-reactive ketones (excluding diaryl/α,β-unsaturated/α-hetero) is 1. The number of thiophene rings is 1. The topological polar surface area (TPSA) is 20.3 Å². The number of carbonyl (C=O) groups is 1. The molecule has 0 amide bonds. The van der Waals surface area contributed by atoms with Crippen molar-refractivity contribution in [2.24, 2.45) is 0 Å². The Labute approximate surface area is 127 Å². The highest BCUT2D eigenvalue weighted by molar-refractivity contribution is 7.98. The lowest BCUT2D eigenvalue weighted by atomic mass is 10.1. The van der Waals surface area contributed by atoms with Crippen LogP contribution in [0.4, 0.5) is 0 Å². The molecule has 1 aromatic carbocycles. The fraction of sp³-hybridized carbons (Fsp3) is 0.312. The zero-order valence-corrected chi connectivity index (χ0v) is 13.1. The number of fused-ring (bicyclic) bond motifs is 1. The molecule has 0 saturated carbocycles. The molecule has 20 heavy (non-hydrogen) atoms. The molecule has 0 aliphatic carbocycles. The van der Waals surface area contributed by atoms with Crippen LogP contribution in [0.2, 0.25) is 0 Å². The Kier molecular flexibility index (Phi) is 4.24. The zero-order valence-electron chi connectivity index (χ0n) is 11.5. The van der Waals surface area contributed by atoms with Crippen LogP contribution in [0.25, 0.3) is 0 Å². The van der Waals surface area contributed by atoms with Gasteiger partial charge in [-0.25, -0.2) is 0 Å². The predicted octanol–water partition coefficient (Wildman–Crippen LogP) is 3.71. The van der Waals surface area contributed by atoms with Crippen molar-refractivity contribution in [1.29, 1.82) is 0 Å². The minimum atomic E-state index is 0.219. The Balaban J connectivity index is 1.64. The van der Waals surface area contributed by atoms with Crippen LogP contribution in [0, 0.1) is 0 Å². The summed E-state index contributed by atoms with van der Waals surface area (Å²) < 4.78 is 0. The van der Waals surface area contributed by atoms with Crippen molar-refractivity contribution in [1.82, 2.24) is 4.90 Å². The number of ketones is 1. The minimum Gasteiger partial charge on any atom is -0.293 e. The first-order valence-electron chi connectivity index (χ1n) is 6.71. The van der Waals surface area contributed by atoms with Crippen molar-refractivity contribution in [2.45, 2.75) is 17.9 Å². The van der Waals surface area contributed by atoms with E-state index in [1.807, 2.05) is 41.9 Å². The first-order chi connectivity index (χ1) is 9.76. The summed E-state index contributed by atoms with van der Waals surface area (Å²) in [5.74, 6) is 0.219. The predicted molar refractivity (Wildman–Crippen MR) is 85.9 cm³/mol. The molecule has 2 nitrogen and oxygen atoms in total. The Morgan fingerprint density at radius 1 is 1.30 bits per heavy atom. The molecule has 2 heterocycles. The lowest BCUT2D eigenvalue weighted by Gasteiger charge is -2.26. The number of rotatable bonds is 4. The van der Waals surface area contributed by atoms with E-state index in [1.54, 1.807) is 11.8 Å². The van der Waals surface area contributed by atoms with Crippen molar-refractivity contribution >= 4 is 28.9 Å². The van der Waals surface area contributed by atoms with Crippen LogP contribution in [0.1, 0.15) is 20.8 Å². The van der Waals surface area contributed by atoms with Crippen LogP contribution < -0.4 is 0 Å². The third-order valence-electron chi connectivity index (χ3n) is 3.67. The SMILES string of the molecule is CSc1ccc(C(=O)CN2CCc3sccc3C2)cc1. The van der Waals surface area contributed by atoms with Crippen molar-refractivity contribution in [2.75, 3.05) is 19.3 Å². The molecule has 0 radical (unpaired) electrons. The quantitative estimate of drug-likeness (QED) is 0.634. The molecule has 0 saturated heterocycles. The van der Waals surface area contributed by atoms with Gasteiger partial charge in [0, 0.05) is 28.4 Å². The van der Waals surface area contributed by atoms with E-state index in [9.17, 15) is 4.79 Å². The van der Waals surface area contributed by atoms with Crippen LogP contribution >= 0.6 is 23.1 Å². The van der Waals surface area contributed by atoms with Gasteiger partial charge in [-0.05, 0) is 41.8 Å². The third-order valence-corrected chi connectivity index (χ3v) is 5.43. The first kappa shape index (κ1) is 13.9. The second kappa shape index (κ2) is 6.12. The molecule has 0 unspecified atom stereocenters. The summed E-state index contributed by atoms with van der Waals surface area (Å²) in [4.78, 5) is 17.2. The van der Waals surface area contributed by atoms with E-state index in [2.05, 4.69) is 16.3 Å². The average molecular weight is 303 g/mol. The second-order valence-electron chi connectivity index (χ2n) is 4.98. The highest BCUT2D eigenvalue weighted by atomic mass is 32.2. The number of hydrogen-bond acceptors (Lipinski definition) is 4. The standard InChI is InChI=1S/C16H17NOS2/c1-19-14-4-2-12(3-5-14)15(18)11-17-8-6-16-13(10-17)7-9-20-16/h2-5,7,9H,6,8,10-11H2,1H3. The molecule has 1 aromatic heterocycles. The van der Waals surface area contributed by atoms with Gasteiger partial charge in [0.05, 0.1) is 6.54 Å². The second-order valence-corrected chi connectivity index (χ2v) is 6.86. The van der Waals surface area contributed by atoms with E-state index < -0.39 is 0 Å². The van der Waals surface area contributed by atoms with Crippen LogP contribution in [-0.4, -0.2) is 30.0 Å². The molecule has 0 N–H and O–H groups in total. The minimum absolute atomic E-state index is 0.219. The van der Waals surface area contributed by atoms with Crippen molar-refractivity contribution < 1.29 is 4.79 Å². The normalized spacial score (nSPS) is 15.1. The molecule has 0 bridgehead atoms. The molecule has 0 fully saturated rings. The fourth-order valence-electron chi connectivity index (χ4n) is 2.51. The lowest BCUT2D eigenvalue weighted by Crippen LogP contribution is -2.34. The van der Waals surface area contributed by atoms with Gasteiger partial charge in [0.1, 0.15) is 0 Å². The Bertz CT molecular complexity index is 603. The van der Waals surface area contributed by atoms with Crippen molar-refractivity contribution in [3.63, 3.8) is 0 Å². The van der Waals surface area contributed by atoms with Gasteiger partial charge in [-0.1, -0.05) is 12.1 Å². The maximum atomic E-state index is 12.3. The number of carbonyl (C=O) groups excluding carboxylic acids is 1. The molecule has 1 aliphatic rings. The van der Waals surface area contributed by atoms with Crippen molar-refractivity contribution in [3.8, 4) is 0 Å². The maximum absolute atomic E-state index is 12.3. The van der Waals surface area contributed by atoms with Gasteiger partial charge in [0.15, 0.2) is 5.78 Å². The smallest absolute Gasteiger partial charge is 0.176 e. The van der Waals surface area contributed by atoms with E-state index in [4.69, 9.17) is 0 Å². The zero-order chi connectivity index (χ0) is 13.9. The van der Waals surface area contributed by atoms with Gasteiger partial charge in [-0.3, -0.25) is 9.69 Å². The third kappa shape index (κ3) is 2.97. The van der Waals surface area contributed by atoms with Gasteiger partial charge >= 0.3 is 0 Å². The molecule has 0 atom stereocenters.